The van der Waals surface area contributed by atoms with Gasteiger partial charge < -0.3 is 14.7 Å². The fourth-order valence-corrected chi connectivity index (χ4v) is 3.13. The lowest BCUT2D eigenvalue weighted by atomic mass is 9.74. The Morgan fingerprint density at radius 2 is 1.91 bits per heavy atom. The molecule has 1 aliphatic heterocycles. The summed E-state index contributed by atoms with van der Waals surface area (Å²) < 4.78 is 5.21. The van der Waals surface area contributed by atoms with Crippen LogP contribution in [0.15, 0.2) is 30.3 Å². The normalized spacial score (nSPS) is 19.0. The van der Waals surface area contributed by atoms with Crippen LogP contribution in [-0.2, 0) is 19.7 Å². The van der Waals surface area contributed by atoms with Crippen LogP contribution in [0.5, 0.6) is 0 Å². The van der Waals surface area contributed by atoms with Gasteiger partial charge in [0.25, 0.3) is 0 Å². The molecule has 1 amide bonds. The predicted molar refractivity (Wildman–Crippen MR) is 82.7 cm³/mol. The summed E-state index contributed by atoms with van der Waals surface area (Å²) in [6.07, 6.45) is 0.433. The van der Waals surface area contributed by atoms with Crippen LogP contribution in [0.25, 0.3) is 0 Å². The molecule has 0 bridgehead atoms. The molecule has 1 saturated heterocycles. The maximum Gasteiger partial charge on any atom is 0.334 e. The molecule has 0 aliphatic carbocycles. The number of ether oxygens (including phenoxy) is 1. The van der Waals surface area contributed by atoms with Gasteiger partial charge in [0.2, 0.25) is 5.91 Å². The Kier molecular flexibility index (Phi) is 5.19. The van der Waals surface area contributed by atoms with E-state index in [4.69, 9.17) is 9.84 Å². The van der Waals surface area contributed by atoms with E-state index in [9.17, 15) is 9.59 Å². The number of carbonyl (C=O) groups is 2. The largest absolute Gasteiger partial charge is 0.479 e. The number of carbonyl (C=O) groups excluding carboxylic acids is 1. The van der Waals surface area contributed by atoms with E-state index in [1.54, 1.807) is 4.90 Å². The zero-order valence-electron chi connectivity index (χ0n) is 13.1. The third-order valence-corrected chi connectivity index (χ3v) is 4.57. The number of rotatable bonds is 5. The molecule has 0 spiro atoms. The highest BCUT2D eigenvalue weighted by Crippen LogP contribution is 2.34. The van der Waals surface area contributed by atoms with Gasteiger partial charge in [0.1, 0.15) is 0 Å². The van der Waals surface area contributed by atoms with E-state index in [1.165, 1.54) is 0 Å². The van der Waals surface area contributed by atoms with E-state index >= 15 is 0 Å². The molecule has 1 aliphatic rings. The first-order valence-electron chi connectivity index (χ1n) is 7.74. The zero-order valence-corrected chi connectivity index (χ0v) is 13.1. The molecule has 22 heavy (non-hydrogen) atoms. The highest BCUT2D eigenvalue weighted by Gasteiger charge is 2.41. The molecule has 1 atom stereocenters. The van der Waals surface area contributed by atoms with E-state index < -0.39 is 17.5 Å². The molecule has 5 nitrogen and oxygen atoms in total. The van der Waals surface area contributed by atoms with E-state index in [2.05, 4.69) is 0 Å². The van der Waals surface area contributed by atoms with E-state index in [0.717, 1.165) is 5.56 Å². The molecule has 1 unspecified atom stereocenters. The van der Waals surface area contributed by atoms with Gasteiger partial charge in [0.15, 0.2) is 6.10 Å². The number of carboxylic acids is 1. The van der Waals surface area contributed by atoms with Crippen LogP contribution in [0.3, 0.4) is 0 Å². The van der Waals surface area contributed by atoms with Crippen molar-refractivity contribution in [2.75, 3.05) is 19.7 Å². The Morgan fingerprint density at radius 1 is 1.27 bits per heavy atom. The smallest absolute Gasteiger partial charge is 0.334 e. The van der Waals surface area contributed by atoms with Crippen LogP contribution in [-0.4, -0.2) is 47.7 Å². The van der Waals surface area contributed by atoms with Crippen LogP contribution in [0.1, 0.15) is 32.3 Å². The van der Waals surface area contributed by atoms with Crippen LogP contribution in [0.2, 0.25) is 0 Å². The van der Waals surface area contributed by atoms with E-state index in [1.807, 2.05) is 44.2 Å². The molecule has 0 saturated carbocycles. The molecule has 2 rings (SSSR count). The topological polar surface area (TPSA) is 66.8 Å². The second kappa shape index (κ2) is 6.92. The van der Waals surface area contributed by atoms with Crippen LogP contribution in [0, 0.1) is 0 Å². The second-order valence-electron chi connectivity index (χ2n) is 5.60. The number of morpholine rings is 1. The molecular weight excluding hydrogens is 282 g/mol. The van der Waals surface area contributed by atoms with Gasteiger partial charge in [0.05, 0.1) is 18.6 Å². The number of carboxylic acid groups (broad SMARTS) is 1. The van der Waals surface area contributed by atoms with Gasteiger partial charge in [-0.1, -0.05) is 44.2 Å². The Hall–Kier alpha value is -1.88. The van der Waals surface area contributed by atoms with Crippen LogP contribution < -0.4 is 0 Å². The highest BCUT2D eigenvalue weighted by atomic mass is 16.5. The standard InChI is InChI=1S/C17H23NO4/c1-3-17(4-2,13-8-6-5-7-9-13)16(21)18-10-11-22-14(12-18)15(19)20/h5-9,14H,3-4,10-12H2,1-2H3,(H,19,20). The van der Waals surface area contributed by atoms with Crippen molar-refractivity contribution in [1.82, 2.24) is 4.90 Å². The van der Waals surface area contributed by atoms with Crippen molar-refractivity contribution < 1.29 is 19.4 Å². The van der Waals surface area contributed by atoms with Gasteiger partial charge in [-0.05, 0) is 18.4 Å². The number of nitrogens with zero attached hydrogens (tertiary/aromatic N) is 1. The van der Waals surface area contributed by atoms with Gasteiger partial charge >= 0.3 is 5.97 Å². The minimum Gasteiger partial charge on any atom is -0.479 e. The van der Waals surface area contributed by atoms with Crippen molar-refractivity contribution >= 4 is 11.9 Å². The summed E-state index contributed by atoms with van der Waals surface area (Å²) in [6, 6.07) is 9.74. The third kappa shape index (κ3) is 2.99. The number of amides is 1. The minimum atomic E-state index is -1.02. The monoisotopic (exact) mass is 305 g/mol. The Morgan fingerprint density at radius 3 is 2.45 bits per heavy atom. The number of aliphatic carboxylic acids is 1. The summed E-state index contributed by atoms with van der Waals surface area (Å²) in [5.41, 5.74) is 0.394. The summed E-state index contributed by atoms with van der Waals surface area (Å²) in [7, 11) is 0. The van der Waals surface area contributed by atoms with Crippen molar-refractivity contribution in [3.8, 4) is 0 Å². The van der Waals surface area contributed by atoms with Crippen LogP contribution >= 0.6 is 0 Å². The van der Waals surface area contributed by atoms with E-state index in [0.29, 0.717) is 19.4 Å². The molecule has 120 valence electrons. The number of hydrogen-bond acceptors (Lipinski definition) is 3. The lowest BCUT2D eigenvalue weighted by molar-refractivity contribution is -0.161. The summed E-state index contributed by atoms with van der Waals surface area (Å²) in [5.74, 6) is -1.02. The molecule has 1 N–H and O–H groups in total. The van der Waals surface area contributed by atoms with E-state index in [-0.39, 0.29) is 19.1 Å². The molecule has 0 aromatic heterocycles. The Bertz CT molecular complexity index is 525. The molecule has 1 heterocycles. The lowest BCUT2D eigenvalue weighted by Gasteiger charge is -2.39. The highest BCUT2D eigenvalue weighted by molar-refractivity contribution is 5.89. The Labute approximate surface area is 130 Å². The summed E-state index contributed by atoms with van der Waals surface area (Å²) in [5, 5.41) is 9.11. The van der Waals surface area contributed by atoms with Crippen molar-refractivity contribution in [3.63, 3.8) is 0 Å². The summed E-state index contributed by atoms with van der Waals surface area (Å²) >= 11 is 0. The molecular formula is C17H23NO4. The molecule has 1 aromatic carbocycles. The van der Waals surface area contributed by atoms with Crippen molar-refractivity contribution in [2.24, 2.45) is 0 Å². The summed E-state index contributed by atoms with van der Waals surface area (Å²) in [6.45, 7) is 4.83. The average Bonchev–Trinajstić information content (AvgIpc) is 2.57. The second-order valence-corrected chi connectivity index (χ2v) is 5.60. The van der Waals surface area contributed by atoms with Crippen molar-refractivity contribution in [2.45, 2.75) is 38.2 Å². The van der Waals surface area contributed by atoms with Crippen LogP contribution in [0.4, 0.5) is 0 Å². The maximum atomic E-state index is 13.1. The SMILES string of the molecule is CCC(CC)(C(=O)N1CCOC(C(=O)O)C1)c1ccccc1. The van der Waals surface area contributed by atoms with Gasteiger partial charge in [-0.15, -0.1) is 0 Å². The maximum absolute atomic E-state index is 13.1. The van der Waals surface area contributed by atoms with Crippen molar-refractivity contribution in [3.05, 3.63) is 35.9 Å². The quantitative estimate of drug-likeness (QED) is 0.904. The summed E-state index contributed by atoms with van der Waals surface area (Å²) in [4.78, 5) is 25.9. The van der Waals surface area contributed by atoms with Crippen molar-refractivity contribution in [1.29, 1.82) is 0 Å². The number of hydrogen-bond donors (Lipinski definition) is 1. The van der Waals surface area contributed by atoms with Gasteiger partial charge in [-0.2, -0.15) is 0 Å². The molecule has 1 fully saturated rings. The fourth-order valence-electron chi connectivity index (χ4n) is 3.13. The predicted octanol–water partition coefficient (Wildman–Crippen LogP) is 2.06. The number of benzene rings is 1. The fraction of sp³-hybridized carbons (Fsp3) is 0.529. The molecule has 1 aromatic rings. The lowest BCUT2D eigenvalue weighted by Crippen LogP contribution is -2.54. The minimum absolute atomic E-state index is 0.00162. The molecule has 0 radical (unpaired) electrons. The third-order valence-electron chi connectivity index (χ3n) is 4.57. The zero-order chi connectivity index (χ0) is 16.2. The van der Waals surface area contributed by atoms with Gasteiger partial charge in [-0.3, -0.25) is 4.79 Å². The first kappa shape index (κ1) is 16.5. The Balaban J connectivity index is 2.29. The van der Waals surface area contributed by atoms with Gasteiger partial charge in [-0.25, -0.2) is 4.79 Å². The average molecular weight is 305 g/mol. The molecule has 5 heteroatoms. The first-order chi connectivity index (χ1) is 10.5. The first-order valence-corrected chi connectivity index (χ1v) is 7.74. The van der Waals surface area contributed by atoms with Gasteiger partial charge in [0, 0.05) is 6.54 Å².